The molecule has 3 aromatic rings. The van der Waals surface area contributed by atoms with Crippen LogP contribution in [0.2, 0.25) is 5.02 Å². The van der Waals surface area contributed by atoms with Crippen molar-refractivity contribution in [2.45, 2.75) is 6.54 Å². The highest BCUT2D eigenvalue weighted by Crippen LogP contribution is 2.19. The monoisotopic (exact) mass is 414 g/mol. The van der Waals surface area contributed by atoms with E-state index in [1.807, 2.05) is 24.3 Å². The highest BCUT2D eigenvalue weighted by atomic mass is 35.5. The van der Waals surface area contributed by atoms with Crippen LogP contribution in [-0.2, 0) is 18.4 Å². The Morgan fingerprint density at radius 1 is 1.10 bits per heavy atom. The summed E-state index contributed by atoms with van der Waals surface area (Å²) in [6.45, 7) is 3.74. The summed E-state index contributed by atoms with van der Waals surface area (Å²) in [6, 6.07) is 11.3. The first kappa shape index (κ1) is 19.5. The third kappa shape index (κ3) is 4.31. The smallest absolute Gasteiger partial charge is 0.268 e. The van der Waals surface area contributed by atoms with Crippen LogP contribution in [0.1, 0.15) is 16.1 Å². The van der Waals surface area contributed by atoms with E-state index in [2.05, 4.69) is 10.2 Å². The number of benzene rings is 1. The van der Waals surface area contributed by atoms with Crippen LogP contribution in [0.3, 0.4) is 0 Å². The molecule has 8 heteroatoms. The Kier molecular flexibility index (Phi) is 5.60. The minimum Gasteiger partial charge on any atom is -0.463 e. The van der Waals surface area contributed by atoms with Crippen molar-refractivity contribution < 1.29 is 14.0 Å². The molecule has 1 fully saturated rings. The number of nitrogens with zero attached hydrogens (tertiary/aromatic N) is 3. The van der Waals surface area contributed by atoms with E-state index < -0.39 is 0 Å². The Labute approximate surface area is 173 Å². The largest absolute Gasteiger partial charge is 0.463 e. The molecule has 7 nitrogen and oxygen atoms in total. The number of halogens is 1. The lowest BCUT2D eigenvalue weighted by molar-refractivity contribution is -0.131. The number of fused-ring (bicyclic) bond motifs is 1. The Morgan fingerprint density at radius 2 is 1.83 bits per heavy atom. The third-order valence-electron chi connectivity index (χ3n) is 5.34. The van der Waals surface area contributed by atoms with Gasteiger partial charge in [-0.2, -0.15) is 0 Å². The Morgan fingerprint density at radius 3 is 2.52 bits per heavy atom. The lowest BCUT2D eigenvalue weighted by Gasteiger charge is -2.34. The molecular formula is C21H23ClN4O3. The second-order valence-corrected chi connectivity index (χ2v) is 7.66. The van der Waals surface area contributed by atoms with Crippen LogP contribution >= 0.6 is 11.6 Å². The van der Waals surface area contributed by atoms with Crippen molar-refractivity contribution in [2.75, 3.05) is 32.7 Å². The number of aromatic nitrogens is 1. The van der Waals surface area contributed by atoms with Crippen LogP contribution in [0.25, 0.3) is 11.1 Å². The molecule has 2 aromatic heterocycles. The molecule has 1 aliphatic rings. The average molecular weight is 415 g/mol. The van der Waals surface area contributed by atoms with Crippen LogP contribution < -0.4 is 5.32 Å². The van der Waals surface area contributed by atoms with Gasteiger partial charge in [0.05, 0.1) is 18.3 Å². The Bertz CT molecular complexity index is 1020. The van der Waals surface area contributed by atoms with Gasteiger partial charge in [0.1, 0.15) is 5.69 Å². The molecule has 0 bridgehead atoms. The van der Waals surface area contributed by atoms with E-state index in [-0.39, 0.29) is 18.4 Å². The average Bonchev–Trinajstić information content (AvgIpc) is 3.31. The number of rotatable bonds is 5. The molecule has 1 aliphatic heterocycles. The van der Waals surface area contributed by atoms with E-state index in [4.69, 9.17) is 16.0 Å². The standard InChI is InChI=1S/C21H23ClN4O3/c1-24-17-6-11-29-19(17)12-18(24)21(28)23-13-20(27)26-9-7-25(8-10-26)14-15-2-4-16(22)5-3-15/h2-6,11-12H,7-10,13-14H2,1H3,(H,23,28). The summed E-state index contributed by atoms with van der Waals surface area (Å²) in [6.07, 6.45) is 1.59. The zero-order valence-corrected chi connectivity index (χ0v) is 17.0. The quantitative estimate of drug-likeness (QED) is 0.696. The molecule has 0 unspecified atom stereocenters. The van der Waals surface area contributed by atoms with Crippen LogP contribution in [-0.4, -0.2) is 58.9 Å². The number of furan rings is 1. The van der Waals surface area contributed by atoms with Crippen molar-refractivity contribution in [1.29, 1.82) is 0 Å². The number of hydrogen-bond donors (Lipinski definition) is 1. The summed E-state index contributed by atoms with van der Waals surface area (Å²) < 4.78 is 7.08. The van der Waals surface area contributed by atoms with Crippen molar-refractivity contribution in [3.8, 4) is 0 Å². The van der Waals surface area contributed by atoms with Gasteiger partial charge >= 0.3 is 0 Å². The van der Waals surface area contributed by atoms with E-state index in [9.17, 15) is 9.59 Å². The normalized spacial score (nSPS) is 15.0. The van der Waals surface area contributed by atoms with E-state index in [0.717, 1.165) is 30.2 Å². The fourth-order valence-corrected chi connectivity index (χ4v) is 3.76. The molecule has 0 saturated carbocycles. The summed E-state index contributed by atoms with van der Waals surface area (Å²) in [5, 5.41) is 3.46. The first-order valence-corrected chi connectivity index (χ1v) is 9.95. The van der Waals surface area contributed by atoms with Crippen LogP contribution in [0.15, 0.2) is 47.1 Å². The number of aryl methyl sites for hydroxylation is 1. The Hall–Kier alpha value is -2.77. The second kappa shape index (κ2) is 8.31. The minimum atomic E-state index is -0.284. The summed E-state index contributed by atoms with van der Waals surface area (Å²) in [4.78, 5) is 29.0. The van der Waals surface area contributed by atoms with Crippen LogP contribution in [0.5, 0.6) is 0 Å². The molecule has 0 radical (unpaired) electrons. The van der Waals surface area contributed by atoms with E-state index >= 15 is 0 Å². The van der Waals surface area contributed by atoms with Gasteiger partial charge < -0.3 is 19.2 Å². The molecule has 1 aromatic carbocycles. The van der Waals surface area contributed by atoms with E-state index in [1.54, 1.807) is 34.9 Å². The summed E-state index contributed by atoms with van der Waals surface area (Å²) in [5.41, 5.74) is 3.17. The molecular weight excluding hydrogens is 392 g/mol. The predicted molar refractivity (Wildman–Crippen MR) is 111 cm³/mol. The zero-order valence-electron chi connectivity index (χ0n) is 16.2. The van der Waals surface area contributed by atoms with Gasteiger partial charge in [-0.1, -0.05) is 23.7 Å². The van der Waals surface area contributed by atoms with Crippen molar-refractivity contribution in [3.63, 3.8) is 0 Å². The van der Waals surface area contributed by atoms with Crippen molar-refractivity contribution in [2.24, 2.45) is 7.05 Å². The highest BCUT2D eigenvalue weighted by molar-refractivity contribution is 6.30. The number of carbonyl (C=O) groups excluding carboxylic acids is 2. The lowest BCUT2D eigenvalue weighted by Crippen LogP contribution is -2.50. The third-order valence-corrected chi connectivity index (χ3v) is 5.59. The topological polar surface area (TPSA) is 70.7 Å². The zero-order chi connectivity index (χ0) is 20.4. The predicted octanol–water partition coefficient (Wildman–Crippen LogP) is 2.50. The van der Waals surface area contributed by atoms with Gasteiger partial charge in [-0.05, 0) is 17.7 Å². The number of piperazine rings is 1. The maximum absolute atomic E-state index is 12.5. The molecule has 29 heavy (non-hydrogen) atoms. The lowest BCUT2D eigenvalue weighted by atomic mass is 10.2. The van der Waals surface area contributed by atoms with Crippen molar-refractivity contribution in [3.05, 3.63) is 58.9 Å². The van der Waals surface area contributed by atoms with Gasteiger partial charge in [0.15, 0.2) is 5.58 Å². The van der Waals surface area contributed by atoms with Crippen LogP contribution in [0.4, 0.5) is 0 Å². The number of amides is 2. The minimum absolute atomic E-state index is 0.0113. The molecule has 152 valence electrons. The van der Waals surface area contributed by atoms with Gasteiger partial charge in [-0.15, -0.1) is 0 Å². The van der Waals surface area contributed by atoms with Crippen molar-refractivity contribution in [1.82, 2.24) is 19.7 Å². The fourth-order valence-electron chi connectivity index (χ4n) is 3.63. The van der Waals surface area contributed by atoms with Gasteiger partial charge in [0.2, 0.25) is 5.91 Å². The molecule has 0 spiro atoms. The molecule has 0 aliphatic carbocycles. The molecule has 3 heterocycles. The van der Waals surface area contributed by atoms with Gasteiger partial charge in [-0.25, -0.2) is 0 Å². The van der Waals surface area contributed by atoms with Crippen LogP contribution in [0, 0.1) is 0 Å². The molecule has 0 atom stereocenters. The number of nitrogens with one attached hydrogen (secondary N) is 1. The number of carbonyl (C=O) groups is 2. The van der Waals surface area contributed by atoms with E-state index in [1.165, 1.54) is 5.56 Å². The Balaban J connectivity index is 1.25. The first-order valence-electron chi connectivity index (χ1n) is 9.57. The SMILES string of the molecule is Cn1c(C(=O)NCC(=O)N2CCN(Cc3ccc(Cl)cc3)CC2)cc2occc21. The van der Waals surface area contributed by atoms with E-state index in [0.29, 0.717) is 24.4 Å². The summed E-state index contributed by atoms with van der Waals surface area (Å²) >= 11 is 5.93. The molecule has 1 N–H and O–H groups in total. The first-order chi connectivity index (χ1) is 14.0. The van der Waals surface area contributed by atoms with Gasteiger partial charge in [-0.3, -0.25) is 14.5 Å². The van der Waals surface area contributed by atoms with Gasteiger partial charge in [0.25, 0.3) is 5.91 Å². The molecule has 1 saturated heterocycles. The van der Waals surface area contributed by atoms with Gasteiger partial charge in [0, 0.05) is 56.9 Å². The molecule has 4 rings (SSSR count). The highest BCUT2D eigenvalue weighted by Gasteiger charge is 2.22. The second-order valence-electron chi connectivity index (χ2n) is 7.22. The maximum Gasteiger partial charge on any atom is 0.268 e. The van der Waals surface area contributed by atoms with Crippen molar-refractivity contribution >= 4 is 34.5 Å². The molecule has 2 amide bonds. The summed E-state index contributed by atoms with van der Waals surface area (Å²) in [7, 11) is 1.80. The fraction of sp³-hybridized carbons (Fsp3) is 0.333. The summed E-state index contributed by atoms with van der Waals surface area (Å²) in [5.74, 6) is -0.351. The number of hydrogen-bond acceptors (Lipinski definition) is 4. The maximum atomic E-state index is 12.5.